The SMILES string of the molecule is CCCC(N)c1noc(-c2cncnc2)n1. The molecular formula is C10H13N5O. The molecule has 6 heteroatoms. The molecule has 16 heavy (non-hydrogen) atoms. The molecule has 84 valence electrons. The molecule has 0 bridgehead atoms. The lowest BCUT2D eigenvalue weighted by atomic mass is 10.2. The maximum atomic E-state index is 5.88. The number of hydrogen-bond donors (Lipinski definition) is 1. The minimum atomic E-state index is -0.174. The number of nitrogens with two attached hydrogens (primary N) is 1. The molecule has 0 aliphatic rings. The van der Waals surface area contributed by atoms with Gasteiger partial charge in [-0.1, -0.05) is 18.5 Å². The van der Waals surface area contributed by atoms with Gasteiger partial charge in [0.05, 0.1) is 11.6 Å². The second kappa shape index (κ2) is 4.80. The predicted molar refractivity (Wildman–Crippen MR) is 57.2 cm³/mol. The zero-order valence-electron chi connectivity index (χ0n) is 9.00. The summed E-state index contributed by atoms with van der Waals surface area (Å²) < 4.78 is 5.10. The van der Waals surface area contributed by atoms with Crippen LogP contribution in [0.15, 0.2) is 23.2 Å². The first kappa shape index (κ1) is 10.7. The molecule has 2 rings (SSSR count). The van der Waals surface area contributed by atoms with Crippen LogP contribution < -0.4 is 5.73 Å². The first-order chi connectivity index (χ1) is 7.81. The van der Waals surface area contributed by atoms with Crippen LogP contribution in [0.1, 0.15) is 31.6 Å². The molecule has 0 saturated heterocycles. The largest absolute Gasteiger partial charge is 0.334 e. The van der Waals surface area contributed by atoms with Crippen LogP contribution in [0.2, 0.25) is 0 Å². The Morgan fingerprint density at radius 2 is 2.12 bits per heavy atom. The zero-order valence-corrected chi connectivity index (χ0v) is 9.00. The second-order valence-electron chi connectivity index (χ2n) is 3.48. The Balaban J connectivity index is 2.20. The van der Waals surface area contributed by atoms with Gasteiger partial charge in [-0.15, -0.1) is 0 Å². The van der Waals surface area contributed by atoms with E-state index in [0.29, 0.717) is 17.3 Å². The summed E-state index contributed by atoms with van der Waals surface area (Å²) in [6, 6.07) is -0.174. The third-order valence-electron chi connectivity index (χ3n) is 2.18. The van der Waals surface area contributed by atoms with Gasteiger partial charge < -0.3 is 10.3 Å². The summed E-state index contributed by atoms with van der Waals surface area (Å²) in [5, 5.41) is 3.84. The maximum Gasteiger partial charge on any atom is 0.261 e. The van der Waals surface area contributed by atoms with Gasteiger partial charge >= 0.3 is 0 Å². The number of hydrogen-bond acceptors (Lipinski definition) is 6. The Kier molecular flexibility index (Phi) is 3.21. The van der Waals surface area contributed by atoms with Crippen LogP contribution in [0.4, 0.5) is 0 Å². The summed E-state index contributed by atoms with van der Waals surface area (Å²) in [7, 11) is 0. The highest BCUT2D eigenvalue weighted by Crippen LogP contribution is 2.18. The molecule has 0 aliphatic heterocycles. The molecular weight excluding hydrogens is 206 g/mol. The Bertz CT molecular complexity index is 441. The van der Waals surface area contributed by atoms with Crippen molar-refractivity contribution in [2.24, 2.45) is 5.73 Å². The average Bonchev–Trinajstić information content (AvgIpc) is 2.80. The lowest BCUT2D eigenvalue weighted by Gasteiger charge is -2.02. The van der Waals surface area contributed by atoms with Gasteiger partial charge in [-0.05, 0) is 6.42 Å². The number of rotatable bonds is 4. The molecule has 0 saturated carbocycles. The molecule has 2 N–H and O–H groups in total. The van der Waals surface area contributed by atoms with Crippen molar-refractivity contribution < 1.29 is 4.52 Å². The third-order valence-corrected chi connectivity index (χ3v) is 2.18. The monoisotopic (exact) mass is 219 g/mol. The highest BCUT2D eigenvalue weighted by molar-refractivity contribution is 5.48. The van der Waals surface area contributed by atoms with Crippen molar-refractivity contribution in [1.29, 1.82) is 0 Å². The third kappa shape index (κ3) is 2.22. The van der Waals surface area contributed by atoms with Crippen molar-refractivity contribution in [3.63, 3.8) is 0 Å². The first-order valence-corrected chi connectivity index (χ1v) is 5.16. The van der Waals surface area contributed by atoms with E-state index in [1.807, 2.05) is 0 Å². The molecule has 6 nitrogen and oxygen atoms in total. The fourth-order valence-electron chi connectivity index (χ4n) is 1.35. The number of nitrogens with zero attached hydrogens (tertiary/aromatic N) is 4. The van der Waals surface area contributed by atoms with E-state index in [1.54, 1.807) is 12.4 Å². The lowest BCUT2D eigenvalue weighted by molar-refractivity contribution is 0.413. The quantitative estimate of drug-likeness (QED) is 0.834. The van der Waals surface area contributed by atoms with E-state index in [-0.39, 0.29) is 6.04 Å². The summed E-state index contributed by atoms with van der Waals surface area (Å²) in [5.41, 5.74) is 6.58. The van der Waals surface area contributed by atoms with Gasteiger partial charge in [0.15, 0.2) is 5.82 Å². The van der Waals surface area contributed by atoms with E-state index in [0.717, 1.165) is 12.8 Å². The minimum absolute atomic E-state index is 0.174. The molecule has 0 aliphatic carbocycles. The Labute approximate surface area is 92.9 Å². The van der Waals surface area contributed by atoms with Gasteiger partial charge in [-0.25, -0.2) is 9.97 Å². The lowest BCUT2D eigenvalue weighted by Crippen LogP contribution is -2.11. The van der Waals surface area contributed by atoms with Crippen molar-refractivity contribution in [1.82, 2.24) is 20.1 Å². The highest BCUT2D eigenvalue weighted by Gasteiger charge is 2.14. The minimum Gasteiger partial charge on any atom is -0.334 e. The van der Waals surface area contributed by atoms with Crippen LogP contribution in [-0.4, -0.2) is 20.1 Å². The summed E-state index contributed by atoms with van der Waals surface area (Å²) in [6.45, 7) is 2.06. The molecule has 0 radical (unpaired) electrons. The number of aromatic nitrogens is 4. The Morgan fingerprint density at radius 1 is 1.38 bits per heavy atom. The van der Waals surface area contributed by atoms with Crippen LogP contribution in [0.5, 0.6) is 0 Å². The van der Waals surface area contributed by atoms with Crippen LogP contribution in [0, 0.1) is 0 Å². The maximum absolute atomic E-state index is 5.88. The molecule has 1 unspecified atom stereocenters. The van der Waals surface area contributed by atoms with E-state index >= 15 is 0 Å². The summed E-state index contributed by atoms with van der Waals surface area (Å²) >= 11 is 0. The normalized spacial score (nSPS) is 12.6. The summed E-state index contributed by atoms with van der Waals surface area (Å²) in [6.07, 6.45) is 6.51. The van der Waals surface area contributed by atoms with Gasteiger partial charge in [0.1, 0.15) is 6.33 Å². The summed E-state index contributed by atoms with van der Waals surface area (Å²) in [4.78, 5) is 12.0. The van der Waals surface area contributed by atoms with E-state index < -0.39 is 0 Å². The van der Waals surface area contributed by atoms with E-state index in [9.17, 15) is 0 Å². The molecule has 2 heterocycles. The van der Waals surface area contributed by atoms with Gasteiger partial charge in [0.25, 0.3) is 5.89 Å². The van der Waals surface area contributed by atoms with E-state index in [4.69, 9.17) is 10.3 Å². The van der Waals surface area contributed by atoms with Crippen LogP contribution in [0.3, 0.4) is 0 Å². The molecule has 0 amide bonds. The van der Waals surface area contributed by atoms with Crippen LogP contribution in [0.25, 0.3) is 11.5 Å². The summed E-state index contributed by atoms with van der Waals surface area (Å²) in [5.74, 6) is 0.933. The smallest absolute Gasteiger partial charge is 0.261 e. The van der Waals surface area contributed by atoms with E-state index in [1.165, 1.54) is 6.33 Å². The average molecular weight is 219 g/mol. The molecule has 0 aromatic carbocycles. The standard InChI is InChI=1S/C10H13N5O/c1-2-3-8(11)9-14-10(16-15-9)7-4-12-6-13-5-7/h4-6,8H,2-3,11H2,1H3. The second-order valence-corrected chi connectivity index (χ2v) is 3.48. The molecule has 1 atom stereocenters. The van der Waals surface area contributed by atoms with Gasteiger partial charge in [0.2, 0.25) is 0 Å². The Hall–Kier alpha value is -1.82. The molecule has 2 aromatic heterocycles. The van der Waals surface area contributed by atoms with Crippen molar-refractivity contribution in [3.8, 4) is 11.5 Å². The van der Waals surface area contributed by atoms with Gasteiger partial charge in [-0.2, -0.15) is 4.98 Å². The van der Waals surface area contributed by atoms with Gasteiger partial charge in [0, 0.05) is 12.4 Å². The van der Waals surface area contributed by atoms with Crippen molar-refractivity contribution in [3.05, 3.63) is 24.5 Å². The molecule has 0 spiro atoms. The fraction of sp³-hybridized carbons (Fsp3) is 0.400. The molecule has 0 fully saturated rings. The fourth-order valence-corrected chi connectivity index (χ4v) is 1.35. The van der Waals surface area contributed by atoms with Crippen molar-refractivity contribution in [2.45, 2.75) is 25.8 Å². The molecule has 2 aromatic rings. The van der Waals surface area contributed by atoms with E-state index in [2.05, 4.69) is 27.0 Å². The highest BCUT2D eigenvalue weighted by atomic mass is 16.5. The predicted octanol–water partition coefficient (Wildman–Crippen LogP) is 1.33. The van der Waals surface area contributed by atoms with Crippen molar-refractivity contribution in [2.75, 3.05) is 0 Å². The Morgan fingerprint density at radius 3 is 2.81 bits per heavy atom. The van der Waals surface area contributed by atoms with Crippen molar-refractivity contribution >= 4 is 0 Å². The first-order valence-electron chi connectivity index (χ1n) is 5.16. The topological polar surface area (TPSA) is 90.7 Å². The zero-order chi connectivity index (χ0) is 11.4. The van der Waals surface area contributed by atoms with Gasteiger partial charge in [-0.3, -0.25) is 0 Å². The van der Waals surface area contributed by atoms with Crippen LogP contribution in [-0.2, 0) is 0 Å². The van der Waals surface area contributed by atoms with Crippen LogP contribution >= 0.6 is 0 Å².